The van der Waals surface area contributed by atoms with Crippen LogP contribution in [0.25, 0.3) is 0 Å². The summed E-state index contributed by atoms with van der Waals surface area (Å²) in [5, 5.41) is 9.13. The van der Waals surface area contributed by atoms with Crippen molar-refractivity contribution in [2.45, 2.75) is 10.7 Å². The van der Waals surface area contributed by atoms with Crippen LogP contribution in [0.1, 0.15) is 5.56 Å². The number of alkyl halides is 3. The SMILES string of the molecule is OCc1cc(OC(F)(F)I)ccc1Cl. The van der Waals surface area contributed by atoms with Crippen LogP contribution in [-0.2, 0) is 6.61 Å². The Morgan fingerprint density at radius 1 is 1.50 bits per heavy atom. The Morgan fingerprint density at radius 2 is 2.14 bits per heavy atom. The Kier molecular flexibility index (Phi) is 3.91. The van der Waals surface area contributed by atoms with Gasteiger partial charge in [0.1, 0.15) is 5.75 Å². The fraction of sp³-hybridized carbons (Fsp3) is 0.250. The van der Waals surface area contributed by atoms with Crippen molar-refractivity contribution < 1.29 is 18.6 Å². The summed E-state index contributed by atoms with van der Waals surface area (Å²) in [7, 11) is 0. The lowest BCUT2D eigenvalue weighted by Gasteiger charge is -2.12. The third-order valence-corrected chi connectivity index (χ3v) is 2.01. The highest BCUT2D eigenvalue weighted by atomic mass is 127. The monoisotopic (exact) mass is 334 g/mol. The molecule has 78 valence electrons. The molecule has 0 aromatic heterocycles. The average molecular weight is 334 g/mol. The van der Waals surface area contributed by atoms with Crippen molar-refractivity contribution in [2.24, 2.45) is 0 Å². The van der Waals surface area contributed by atoms with Crippen LogP contribution < -0.4 is 4.74 Å². The summed E-state index contributed by atoms with van der Waals surface area (Å²) in [5.41, 5.74) is 0.352. The van der Waals surface area contributed by atoms with E-state index in [-0.39, 0.29) is 12.4 Å². The molecule has 0 fully saturated rings. The minimum atomic E-state index is -3.27. The van der Waals surface area contributed by atoms with Crippen LogP contribution in [-0.4, -0.2) is 9.22 Å². The largest absolute Gasteiger partial charge is 0.451 e. The van der Waals surface area contributed by atoms with E-state index < -0.39 is 4.12 Å². The number of rotatable bonds is 3. The molecule has 0 bridgehead atoms. The molecule has 0 heterocycles. The van der Waals surface area contributed by atoms with Gasteiger partial charge in [-0.05, 0) is 23.8 Å². The molecule has 0 saturated heterocycles. The van der Waals surface area contributed by atoms with Crippen LogP contribution in [0.3, 0.4) is 0 Å². The highest BCUT2D eigenvalue weighted by Gasteiger charge is 2.26. The molecule has 0 saturated carbocycles. The zero-order chi connectivity index (χ0) is 10.8. The normalized spacial score (nSPS) is 11.5. The van der Waals surface area contributed by atoms with Crippen LogP contribution in [0, 0.1) is 0 Å². The van der Waals surface area contributed by atoms with Crippen LogP contribution in [0.2, 0.25) is 5.02 Å². The number of aliphatic hydroxyl groups excluding tert-OH is 1. The summed E-state index contributed by atoms with van der Waals surface area (Å²) in [6.07, 6.45) is 0. The molecule has 0 radical (unpaired) electrons. The minimum absolute atomic E-state index is 0.0298. The number of ether oxygens (including phenoxy) is 1. The predicted octanol–water partition coefficient (Wildman–Crippen LogP) is 3.20. The zero-order valence-electron chi connectivity index (χ0n) is 6.81. The van der Waals surface area contributed by atoms with Crippen molar-refractivity contribution in [1.82, 2.24) is 0 Å². The molecular formula is C8H6ClF2IO2. The Labute approximate surface area is 98.0 Å². The van der Waals surface area contributed by atoms with Crippen molar-refractivity contribution in [2.75, 3.05) is 0 Å². The van der Waals surface area contributed by atoms with Gasteiger partial charge in [-0.25, -0.2) is 0 Å². The Bertz CT molecular complexity index is 328. The van der Waals surface area contributed by atoms with Gasteiger partial charge < -0.3 is 9.84 Å². The highest BCUT2D eigenvalue weighted by Crippen LogP contribution is 2.29. The molecule has 6 heteroatoms. The van der Waals surface area contributed by atoms with Crippen LogP contribution in [0.15, 0.2) is 18.2 Å². The van der Waals surface area contributed by atoms with Gasteiger partial charge in [-0.2, -0.15) is 8.78 Å². The summed E-state index contributed by atoms with van der Waals surface area (Å²) < 4.78 is 25.8. The standard InChI is InChI=1S/C8H6ClF2IO2/c9-7-2-1-6(3-5(7)4-13)14-8(10,11)12/h1-3,13H,4H2. The van der Waals surface area contributed by atoms with E-state index in [2.05, 4.69) is 4.74 Å². The maximum absolute atomic E-state index is 12.4. The highest BCUT2D eigenvalue weighted by molar-refractivity contribution is 14.1. The van der Waals surface area contributed by atoms with Crippen molar-refractivity contribution in [3.05, 3.63) is 28.8 Å². The first kappa shape index (κ1) is 11.9. The Morgan fingerprint density at radius 3 is 2.64 bits per heavy atom. The van der Waals surface area contributed by atoms with Crippen LogP contribution in [0.5, 0.6) is 5.75 Å². The van der Waals surface area contributed by atoms with Gasteiger partial charge in [-0.3, -0.25) is 0 Å². The van der Waals surface area contributed by atoms with Gasteiger partial charge in [0.15, 0.2) is 0 Å². The minimum Gasteiger partial charge on any atom is -0.425 e. The molecular weight excluding hydrogens is 328 g/mol. The number of hydrogen-bond acceptors (Lipinski definition) is 2. The lowest BCUT2D eigenvalue weighted by molar-refractivity contribution is -0.0692. The predicted molar refractivity (Wildman–Crippen MR) is 57.0 cm³/mol. The van der Waals surface area contributed by atoms with Gasteiger partial charge in [0, 0.05) is 5.02 Å². The zero-order valence-corrected chi connectivity index (χ0v) is 9.72. The van der Waals surface area contributed by atoms with E-state index in [1.165, 1.54) is 18.2 Å². The van der Waals surface area contributed by atoms with Gasteiger partial charge in [-0.1, -0.05) is 11.6 Å². The average Bonchev–Trinajstić information content (AvgIpc) is 2.06. The third-order valence-electron chi connectivity index (χ3n) is 1.42. The van der Waals surface area contributed by atoms with E-state index in [1.807, 2.05) is 0 Å². The second kappa shape index (κ2) is 4.59. The summed E-state index contributed by atoms with van der Waals surface area (Å²) in [5.74, 6) is -0.0298. The van der Waals surface area contributed by atoms with Crippen LogP contribution in [0.4, 0.5) is 8.78 Å². The molecule has 2 nitrogen and oxygen atoms in total. The lowest BCUT2D eigenvalue weighted by Crippen LogP contribution is -2.14. The van der Waals surface area contributed by atoms with E-state index in [1.54, 1.807) is 0 Å². The molecule has 1 aromatic rings. The second-order valence-electron chi connectivity index (χ2n) is 2.46. The van der Waals surface area contributed by atoms with E-state index in [9.17, 15) is 8.78 Å². The summed E-state index contributed by atoms with van der Waals surface area (Å²) in [4.78, 5) is 0. The summed E-state index contributed by atoms with van der Waals surface area (Å²) in [6, 6.07) is 3.98. The van der Waals surface area contributed by atoms with Crippen LogP contribution >= 0.6 is 34.2 Å². The molecule has 0 aliphatic rings. The Balaban J connectivity index is 2.90. The molecule has 1 N–H and O–H groups in total. The number of benzene rings is 1. The molecule has 0 atom stereocenters. The number of halogens is 4. The fourth-order valence-electron chi connectivity index (χ4n) is 0.869. The molecule has 1 aromatic carbocycles. The molecule has 0 unspecified atom stereocenters. The number of aliphatic hydroxyl groups is 1. The van der Waals surface area contributed by atoms with Crippen molar-refractivity contribution in [3.63, 3.8) is 0 Å². The third kappa shape index (κ3) is 3.55. The molecule has 1 rings (SSSR count). The van der Waals surface area contributed by atoms with Gasteiger partial charge in [0.25, 0.3) is 0 Å². The first-order valence-corrected chi connectivity index (χ1v) is 5.03. The van der Waals surface area contributed by atoms with Gasteiger partial charge >= 0.3 is 4.12 Å². The summed E-state index contributed by atoms with van der Waals surface area (Å²) >= 11 is 6.52. The molecule has 0 aliphatic heterocycles. The first-order valence-electron chi connectivity index (χ1n) is 3.57. The van der Waals surface area contributed by atoms with Crippen molar-refractivity contribution in [1.29, 1.82) is 0 Å². The smallest absolute Gasteiger partial charge is 0.425 e. The van der Waals surface area contributed by atoms with E-state index in [0.717, 1.165) is 22.6 Å². The van der Waals surface area contributed by atoms with Gasteiger partial charge in [0.05, 0.1) is 29.2 Å². The second-order valence-corrected chi connectivity index (χ2v) is 4.12. The Hall–Kier alpha value is -0.140. The maximum atomic E-state index is 12.4. The van der Waals surface area contributed by atoms with Gasteiger partial charge in [-0.15, -0.1) is 0 Å². The quantitative estimate of drug-likeness (QED) is 0.679. The van der Waals surface area contributed by atoms with E-state index in [0.29, 0.717) is 10.6 Å². The lowest BCUT2D eigenvalue weighted by atomic mass is 10.2. The van der Waals surface area contributed by atoms with Gasteiger partial charge in [0.2, 0.25) is 0 Å². The maximum Gasteiger partial charge on any atom is 0.451 e. The molecule has 14 heavy (non-hydrogen) atoms. The van der Waals surface area contributed by atoms with Crippen molar-refractivity contribution in [3.8, 4) is 5.75 Å². The molecule has 0 spiro atoms. The van der Waals surface area contributed by atoms with Crippen molar-refractivity contribution >= 4 is 34.2 Å². The fourth-order valence-corrected chi connectivity index (χ4v) is 1.30. The molecule has 0 amide bonds. The van der Waals surface area contributed by atoms with E-state index in [4.69, 9.17) is 16.7 Å². The van der Waals surface area contributed by atoms with E-state index >= 15 is 0 Å². The summed E-state index contributed by atoms with van der Waals surface area (Å²) in [6.45, 7) is -0.317. The first-order chi connectivity index (χ1) is 6.42. The topological polar surface area (TPSA) is 29.5 Å². The number of hydrogen-bond donors (Lipinski definition) is 1. The molecule has 0 aliphatic carbocycles.